The molecule has 0 saturated heterocycles. The molecule has 0 amide bonds. The average Bonchev–Trinajstić information content (AvgIpc) is 3.26. The molecule has 1 N–H and O–H groups in total. The van der Waals surface area contributed by atoms with Crippen molar-refractivity contribution in [2.45, 2.75) is 25.8 Å². The summed E-state index contributed by atoms with van der Waals surface area (Å²) in [7, 11) is 0. The molecule has 2 rings (SSSR count). The van der Waals surface area contributed by atoms with Crippen molar-refractivity contribution in [2.24, 2.45) is 0 Å². The van der Waals surface area contributed by atoms with E-state index in [0.717, 1.165) is 36.5 Å². The first-order valence-corrected chi connectivity index (χ1v) is 7.07. The fourth-order valence-electron chi connectivity index (χ4n) is 2.19. The van der Waals surface area contributed by atoms with Crippen LogP contribution in [0.3, 0.4) is 0 Å². The zero-order valence-corrected chi connectivity index (χ0v) is 11.8. The van der Waals surface area contributed by atoms with Crippen LogP contribution in [0.2, 0.25) is 0 Å². The largest absolute Gasteiger partial charge is 0.492 e. The van der Waals surface area contributed by atoms with Gasteiger partial charge in [0.1, 0.15) is 12.4 Å². The second-order valence-electron chi connectivity index (χ2n) is 4.95. The molecular formula is C16H21NO3. The highest BCUT2D eigenvalue weighted by Gasteiger charge is 2.27. The van der Waals surface area contributed by atoms with Gasteiger partial charge in [0.15, 0.2) is 0 Å². The van der Waals surface area contributed by atoms with Gasteiger partial charge in [-0.25, -0.2) is 4.79 Å². The minimum Gasteiger partial charge on any atom is -0.492 e. The Bertz CT molecular complexity index is 480. The third-order valence-corrected chi connectivity index (χ3v) is 3.39. The molecule has 0 radical (unpaired) electrons. The Morgan fingerprint density at radius 2 is 2.30 bits per heavy atom. The van der Waals surface area contributed by atoms with Crippen LogP contribution in [0.1, 0.15) is 25.3 Å². The molecule has 1 saturated carbocycles. The van der Waals surface area contributed by atoms with Crippen LogP contribution in [0, 0.1) is 0 Å². The van der Waals surface area contributed by atoms with E-state index in [1.54, 1.807) is 6.08 Å². The van der Waals surface area contributed by atoms with Crippen LogP contribution >= 0.6 is 0 Å². The number of benzene rings is 1. The number of carboxylic acids is 1. The summed E-state index contributed by atoms with van der Waals surface area (Å²) in [5.41, 5.74) is 0.833. The predicted octanol–water partition coefficient (Wildman–Crippen LogP) is 2.65. The number of likely N-dealkylation sites (N-methyl/N-ethyl adjacent to an activating group) is 1. The summed E-state index contributed by atoms with van der Waals surface area (Å²) < 4.78 is 5.74. The minimum absolute atomic E-state index is 0.663. The number of carboxylic acid groups (broad SMARTS) is 1. The van der Waals surface area contributed by atoms with Gasteiger partial charge in [0.2, 0.25) is 0 Å². The molecule has 1 fully saturated rings. The van der Waals surface area contributed by atoms with Crippen molar-refractivity contribution in [1.82, 2.24) is 4.90 Å². The number of ether oxygens (including phenoxy) is 1. The third-order valence-electron chi connectivity index (χ3n) is 3.39. The summed E-state index contributed by atoms with van der Waals surface area (Å²) in [5.74, 6) is -0.163. The zero-order chi connectivity index (χ0) is 14.4. The van der Waals surface area contributed by atoms with Crippen LogP contribution in [-0.2, 0) is 4.79 Å². The fraction of sp³-hybridized carbons (Fsp3) is 0.438. The summed E-state index contributed by atoms with van der Waals surface area (Å²) in [6, 6.07) is 8.23. The standard InChI is InChI=1S/C16H21NO3/c1-2-17(14-7-8-14)10-11-20-15-5-3-4-13(12-15)6-9-16(18)19/h3-6,9,12,14H,2,7-8,10-11H2,1H3,(H,18,19). The lowest BCUT2D eigenvalue weighted by Gasteiger charge is -2.19. The SMILES string of the molecule is CCN(CCOc1cccc(C=CC(=O)O)c1)C1CC1. The van der Waals surface area contributed by atoms with Gasteiger partial charge in [0.05, 0.1) is 0 Å². The highest BCUT2D eigenvalue weighted by atomic mass is 16.5. The first kappa shape index (κ1) is 14.6. The summed E-state index contributed by atoms with van der Waals surface area (Å²) in [5, 5.41) is 8.61. The molecule has 0 bridgehead atoms. The molecule has 108 valence electrons. The summed E-state index contributed by atoms with van der Waals surface area (Å²) in [6.45, 7) is 4.85. The third kappa shape index (κ3) is 4.70. The van der Waals surface area contributed by atoms with Crippen molar-refractivity contribution in [3.05, 3.63) is 35.9 Å². The lowest BCUT2D eigenvalue weighted by Crippen LogP contribution is -2.30. The van der Waals surface area contributed by atoms with Crippen molar-refractivity contribution in [2.75, 3.05) is 19.7 Å². The maximum absolute atomic E-state index is 10.5. The van der Waals surface area contributed by atoms with E-state index < -0.39 is 5.97 Å². The van der Waals surface area contributed by atoms with Crippen molar-refractivity contribution in [3.8, 4) is 5.75 Å². The van der Waals surface area contributed by atoms with Gasteiger partial charge in [-0.3, -0.25) is 4.90 Å². The number of nitrogens with zero attached hydrogens (tertiary/aromatic N) is 1. The first-order valence-electron chi connectivity index (χ1n) is 7.07. The smallest absolute Gasteiger partial charge is 0.328 e. The molecule has 20 heavy (non-hydrogen) atoms. The molecule has 0 unspecified atom stereocenters. The van der Waals surface area contributed by atoms with E-state index in [2.05, 4.69) is 11.8 Å². The fourth-order valence-corrected chi connectivity index (χ4v) is 2.19. The summed E-state index contributed by atoms with van der Waals surface area (Å²) >= 11 is 0. The molecule has 1 aromatic rings. The molecule has 1 aromatic carbocycles. The van der Waals surface area contributed by atoms with Crippen molar-refractivity contribution in [3.63, 3.8) is 0 Å². The number of hydrogen-bond donors (Lipinski definition) is 1. The Morgan fingerprint density at radius 3 is 2.95 bits per heavy atom. The van der Waals surface area contributed by atoms with E-state index in [9.17, 15) is 4.79 Å². The monoisotopic (exact) mass is 275 g/mol. The molecule has 0 heterocycles. The normalized spacial score (nSPS) is 14.9. The van der Waals surface area contributed by atoms with Crippen LogP contribution in [0.5, 0.6) is 5.75 Å². The van der Waals surface area contributed by atoms with Gasteiger partial charge in [-0.05, 0) is 43.2 Å². The molecule has 0 aromatic heterocycles. The van der Waals surface area contributed by atoms with Gasteiger partial charge in [0, 0.05) is 18.7 Å². The van der Waals surface area contributed by atoms with E-state index in [1.165, 1.54) is 12.8 Å². The van der Waals surface area contributed by atoms with Crippen molar-refractivity contribution in [1.29, 1.82) is 0 Å². The Kier molecular flexibility index (Phi) is 5.18. The van der Waals surface area contributed by atoms with Crippen LogP contribution in [-0.4, -0.2) is 41.7 Å². The van der Waals surface area contributed by atoms with E-state index >= 15 is 0 Å². The van der Waals surface area contributed by atoms with E-state index in [1.807, 2.05) is 24.3 Å². The lowest BCUT2D eigenvalue weighted by atomic mass is 10.2. The van der Waals surface area contributed by atoms with Gasteiger partial charge in [-0.2, -0.15) is 0 Å². The Hall–Kier alpha value is -1.81. The van der Waals surface area contributed by atoms with E-state index in [-0.39, 0.29) is 0 Å². The van der Waals surface area contributed by atoms with Crippen molar-refractivity contribution < 1.29 is 14.6 Å². The molecule has 1 aliphatic carbocycles. The molecule has 0 aliphatic heterocycles. The van der Waals surface area contributed by atoms with Crippen LogP contribution in [0.25, 0.3) is 6.08 Å². The van der Waals surface area contributed by atoms with Gasteiger partial charge in [-0.15, -0.1) is 0 Å². The maximum Gasteiger partial charge on any atom is 0.328 e. The molecular weight excluding hydrogens is 254 g/mol. The zero-order valence-electron chi connectivity index (χ0n) is 11.8. The highest BCUT2D eigenvalue weighted by Crippen LogP contribution is 2.26. The average molecular weight is 275 g/mol. The topological polar surface area (TPSA) is 49.8 Å². The molecule has 1 aliphatic rings. The lowest BCUT2D eigenvalue weighted by molar-refractivity contribution is -0.131. The highest BCUT2D eigenvalue weighted by molar-refractivity contribution is 5.85. The van der Waals surface area contributed by atoms with Crippen molar-refractivity contribution >= 4 is 12.0 Å². The number of hydrogen-bond acceptors (Lipinski definition) is 3. The van der Waals surface area contributed by atoms with Gasteiger partial charge >= 0.3 is 5.97 Å². The minimum atomic E-state index is -0.945. The molecule has 0 spiro atoms. The number of rotatable bonds is 8. The first-order chi connectivity index (χ1) is 9.69. The number of aliphatic carboxylic acids is 1. The molecule has 0 atom stereocenters. The Labute approximate surface area is 119 Å². The quantitative estimate of drug-likeness (QED) is 0.741. The Balaban J connectivity index is 1.83. The second-order valence-corrected chi connectivity index (χ2v) is 4.95. The molecule has 4 heteroatoms. The van der Waals surface area contributed by atoms with Crippen LogP contribution in [0.15, 0.2) is 30.3 Å². The van der Waals surface area contributed by atoms with Crippen LogP contribution < -0.4 is 4.74 Å². The van der Waals surface area contributed by atoms with E-state index in [0.29, 0.717) is 6.61 Å². The van der Waals surface area contributed by atoms with Gasteiger partial charge < -0.3 is 9.84 Å². The number of carbonyl (C=O) groups is 1. The van der Waals surface area contributed by atoms with E-state index in [4.69, 9.17) is 9.84 Å². The molecule has 4 nitrogen and oxygen atoms in total. The Morgan fingerprint density at radius 1 is 1.50 bits per heavy atom. The maximum atomic E-state index is 10.5. The second kappa shape index (κ2) is 7.10. The summed E-state index contributed by atoms with van der Waals surface area (Å²) in [6.07, 6.45) is 5.31. The van der Waals surface area contributed by atoms with Gasteiger partial charge in [0.25, 0.3) is 0 Å². The summed E-state index contributed by atoms with van der Waals surface area (Å²) in [4.78, 5) is 12.9. The predicted molar refractivity (Wildman–Crippen MR) is 78.9 cm³/mol. The van der Waals surface area contributed by atoms with Gasteiger partial charge in [-0.1, -0.05) is 19.1 Å². The van der Waals surface area contributed by atoms with Crippen LogP contribution in [0.4, 0.5) is 0 Å².